The Morgan fingerprint density at radius 1 is 1.33 bits per heavy atom. The van der Waals surface area contributed by atoms with E-state index in [4.69, 9.17) is 0 Å². The van der Waals surface area contributed by atoms with Crippen LogP contribution in [0.4, 0.5) is 0 Å². The predicted molar refractivity (Wildman–Crippen MR) is 59.1 cm³/mol. The summed E-state index contributed by atoms with van der Waals surface area (Å²) >= 11 is 0. The van der Waals surface area contributed by atoms with Crippen molar-refractivity contribution in [3.8, 4) is 5.75 Å². The first-order chi connectivity index (χ1) is 7.18. The lowest BCUT2D eigenvalue weighted by molar-refractivity contribution is 0.0922. The van der Waals surface area contributed by atoms with Crippen LogP contribution < -0.4 is 0 Å². The summed E-state index contributed by atoms with van der Waals surface area (Å²) in [6, 6.07) is 4.99. The zero-order chi connectivity index (χ0) is 10.8. The maximum Gasteiger partial charge on any atom is 0.166 e. The fourth-order valence-electron chi connectivity index (χ4n) is 2.33. The summed E-state index contributed by atoms with van der Waals surface area (Å²) in [6.45, 7) is 1.88. The smallest absolute Gasteiger partial charge is 0.166 e. The van der Waals surface area contributed by atoms with E-state index in [2.05, 4.69) is 0 Å². The van der Waals surface area contributed by atoms with E-state index in [1.807, 2.05) is 6.92 Å². The molecule has 1 N–H and O–H groups in total. The Kier molecular flexibility index (Phi) is 2.76. The fourth-order valence-corrected chi connectivity index (χ4v) is 2.33. The van der Waals surface area contributed by atoms with E-state index < -0.39 is 0 Å². The van der Waals surface area contributed by atoms with Gasteiger partial charge in [-0.3, -0.25) is 4.79 Å². The van der Waals surface area contributed by atoms with Crippen molar-refractivity contribution in [3.05, 3.63) is 29.3 Å². The molecule has 1 aromatic rings. The highest BCUT2D eigenvalue weighted by molar-refractivity contribution is 5.99. The van der Waals surface area contributed by atoms with Gasteiger partial charge in [0.25, 0.3) is 0 Å². The fraction of sp³-hybridized carbons (Fsp3) is 0.462. The molecule has 0 atom stereocenters. The van der Waals surface area contributed by atoms with E-state index in [-0.39, 0.29) is 17.5 Å². The average Bonchev–Trinajstić information content (AvgIpc) is 2.69. The normalized spacial score (nSPS) is 16.9. The van der Waals surface area contributed by atoms with Gasteiger partial charge in [0.15, 0.2) is 5.78 Å². The van der Waals surface area contributed by atoms with Gasteiger partial charge in [-0.05, 0) is 43.5 Å². The Labute approximate surface area is 89.9 Å². The third kappa shape index (κ3) is 2.04. The van der Waals surface area contributed by atoms with E-state index >= 15 is 0 Å². The van der Waals surface area contributed by atoms with Gasteiger partial charge in [-0.2, -0.15) is 0 Å². The minimum Gasteiger partial charge on any atom is -0.508 e. The molecule has 15 heavy (non-hydrogen) atoms. The largest absolute Gasteiger partial charge is 0.508 e. The summed E-state index contributed by atoms with van der Waals surface area (Å²) < 4.78 is 0. The Balaban J connectivity index is 2.24. The molecule has 0 saturated heterocycles. The Bertz CT molecular complexity index is 376. The minimum atomic E-state index is 0.216. The second-order valence-electron chi connectivity index (χ2n) is 4.34. The minimum absolute atomic E-state index is 0.216. The van der Waals surface area contributed by atoms with Crippen molar-refractivity contribution in [1.29, 1.82) is 0 Å². The molecule has 0 amide bonds. The molecule has 2 nitrogen and oxygen atoms in total. The van der Waals surface area contributed by atoms with Crippen molar-refractivity contribution < 1.29 is 9.90 Å². The van der Waals surface area contributed by atoms with Crippen molar-refractivity contribution in [2.75, 3.05) is 0 Å². The molecule has 80 valence electrons. The molecule has 0 aliphatic heterocycles. The van der Waals surface area contributed by atoms with Gasteiger partial charge in [0.1, 0.15) is 5.75 Å². The number of benzene rings is 1. The summed E-state index contributed by atoms with van der Waals surface area (Å²) in [7, 11) is 0. The molecule has 0 radical (unpaired) electrons. The van der Waals surface area contributed by atoms with Gasteiger partial charge in [0, 0.05) is 11.5 Å². The van der Waals surface area contributed by atoms with E-state index in [1.165, 1.54) is 12.8 Å². The first kappa shape index (κ1) is 10.2. The topological polar surface area (TPSA) is 37.3 Å². The van der Waals surface area contributed by atoms with Gasteiger partial charge in [-0.1, -0.05) is 12.8 Å². The first-order valence-electron chi connectivity index (χ1n) is 5.52. The number of Topliss-reactive ketones (excluding diaryl/α,β-unsaturated/α-hetero) is 1. The summed E-state index contributed by atoms with van der Waals surface area (Å²) in [5.41, 5.74) is 1.66. The summed E-state index contributed by atoms with van der Waals surface area (Å²) in [6.07, 6.45) is 4.40. The number of aromatic hydroxyl groups is 1. The van der Waals surface area contributed by atoms with Crippen LogP contribution in [0.15, 0.2) is 18.2 Å². The number of carbonyl (C=O) groups is 1. The highest BCUT2D eigenvalue weighted by Crippen LogP contribution is 2.29. The molecule has 0 aromatic heterocycles. The van der Waals surface area contributed by atoms with Crippen LogP contribution in [0.1, 0.15) is 41.6 Å². The van der Waals surface area contributed by atoms with Gasteiger partial charge < -0.3 is 5.11 Å². The van der Waals surface area contributed by atoms with E-state index in [0.29, 0.717) is 0 Å². The molecule has 1 aromatic carbocycles. The van der Waals surface area contributed by atoms with Crippen LogP contribution in [-0.4, -0.2) is 10.9 Å². The van der Waals surface area contributed by atoms with E-state index in [1.54, 1.807) is 18.2 Å². The second kappa shape index (κ2) is 4.05. The van der Waals surface area contributed by atoms with E-state index in [9.17, 15) is 9.90 Å². The van der Waals surface area contributed by atoms with Gasteiger partial charge >= 0.3 is 0 Å². The summed E-state index contributed by atoms with van der Waals surface area (Å²) in [4.78, 5) is 12.1. The van der Waals surface area contributed by atoms with Crippen molar-refractivity contribution in [3.63, 3.8) is 0 Å². The molecular formula is C13H16O2. The Morgan fingerprint density at radius 2 is 2.00 bits per heavy atom. The third-order valence-electron chi connectivity index (χ3n) is 3.20. The molecule has 2 rings (SSSR count). The SMILES string of the molecule is Cc1cc(O)ccc1C(=O)C1CCCC1. The molecule has 0 spiro atoms. The predicted octanol–water partition coefficient (Wildman–Crippen LogP) is 3.07. The number of hydrogen-bond acceptors (Lipinski definition) is 2. The highest BCUT2D eigenvalue weighted by Gasteiger charge is 2.24. The number of carbonyl (C=O) groups excluding carboxylic acids is 1. The van der Waals surface area contributed by atoms with Gasteiger partial charge in [0.05, 0.1) is 0 Å². The summed E-state index contributed by atoms with van der Waals surface area (Å²) in [5, 5.41) is 9.27. The number of phenols is 1. The molecule has 1 aliphatic rings. The van der Waals surface area contributed by atoms with Crippen LogP contribution in [-0.2, 0) is 0 Å². The number of hydrogen-bond donors (Lipinski definition) is 1. The third-order valence-corrected chi connectivity index (χ3v) is 3.20. The van der Waals surface area contributed by atoms with Crippen molar-refractivity contribution >= 4 is 5.78 Å². The molecule has 1 fully saturated rings. The number of phenolic OH excluding ortho intramolecular Hbond substituents is 1. The first-order valence-corrected chi connectivity index (χ1v) is 5.52. The maximum absolute atomic E-state index is 12.1. The number of aryl methyl sites for hydroxylation is 1. The molecule has 1 saturated carbocycles. The van der Waals surface area contributed by atoms with Crippen LogP contribution >= 0.6 is 0 Å². The zero-order valence-electron chi connectivity index (χ0n) is 8.99. The van der Waals surface area contributed by atoms with Crippen molar-refractivity contribution in [1.82, 2.24) is 0 Å². The van der Waals surface area contributed by atoms with Gasteiger partial charge in [-0.15, -0.1) is 0 Å². The lowest BCUT2D eigenvalue weighted by Crippen LogP contribution is -2.12. The molecule has 1 aliphatic carbocycles. The van der Waals surface area contributed by atoms with Crippen molar-refractivity contribution in [2.24, 2.45) is 5.92 Å². The summed E-state index contributed by atoms with van der Waals surface area (Å²) in [5.74, 6) is 0.703. The monoisotopic (exact) mass is 204 g/mol. The Hall–Kier alpha value is -1.31. The lowest BCUT2D eigenvalue weighted by Gasteiger charge is -2.10. The van der Waals surface area contributed by atoms with Gasteiger partial charge in [-0.25, -0.2) is 0 Å². The maximum atomic E-state index is 12.1. The van der Waals surface area contributed by atoms with Crippen LogP contribution in [0.3, 0.4) is 0 Å². The molecule has 0 heterocycles. The molecular weight excluding hydrogens is 188 g/mol. The highest BCUT2D eigenvalue weighted by atomic mass is 16.3. The van der Waals surface area contributed by atoms with E-state index in [0.717, 1.165) is 24.0 Å². The Morgan fingerprint density at radius 3 is 2.60 bits per heavy atom. The standard InChI is InChI=1S/C13H16O2/c1-9-8-11(14)6-7-12(9)13(15)10-4-2-3-5-10/h6-8,10,14H,2-5H2,1H3. The number of rotatable bonds is 2. The van der Waals surface area contributed by atoms with Crippen LogP contribution in [0.2, 0.25) is 0 Å². The quantitative estimate of drug-likeness (QED) is 0.752. The lowest BCUT2D eigenvalue weighted by atomic mass is 9.93. The van der Waals surface area contributed by atoms with Crippen LogP contribution in [0.5, 0.6) is 5.75 Å². The van der Waals surface area contributed by atoms with Crippen LogP contribution in [0, 0.1) is 12.8 Å². The molecule has 2 heteroatoms. The molecule has 0 unspecified atom stereocenters. The zero-order valence-corrected chi connectivity index (χ0v) is 8.99. The van der Waals surface area contributed by atoms with Crippen LogP contribution in [0.25, 0.3) is 0 Å². The average molecular weight is 204 g/mol. The molecule has 0 bridgehead atoms. The number of ketones is 1. The van der Waals surface area contributed by atoms with Crippen molar-refractivity contribution in [2.45, 2.75) is 32.6 Å². The van der Waals surface area contributed by atoms with Gasteiger partial charge in [0.2, 0.25) is 0 Å². The second-order valence-corrected chi connectivity index (χ2v) is 4.34.